The third-order valence-corrected chi connectivity index (χ3v) is 3.50. The van der Waals surface area contributed by atoms with Gasteiger partial charge in [0.1, 0.15) is 11.3 Å². The average molecular weight is 292 g/mol. The minimum absolute atomic E-state index is 0.418. The monoisotopic (exact) mass is 292 g/mol. The summed E-state index contributed by atoms with van der Waals surface area (Å²) in [7, 11) is 0. The smallest absolute Gasteiger partial charge is 0.346 e. The SMILES string of the molecule is C=C[C@@]1(C)OC(=O)C(c2ccccc2)=C(c2ccccc2)O1. The number of hydrogen-bond acceptors (Lipinski definition) is 3. The quantitative estimate of drug-likeness (QED) is 0.633. The van der Waals surface area contributed by atoms with Crippen LogP contribution in [0.3, 0.4) is 0 Å². The molecule has 0 radical (unpaired) electrons. The summed E-state index contributed by atoms with van der Waals surface area (Å²) in [4.78, 5) is 12.5. The summed E-state index contributed by atoms with van der Waals surface area (Å²) in [6.45, 7) is 5.36. The Morgan fingerprint density at radius 3 is 2.00 bits per heavy atom. The lowest BCUT2D eigenvalue weighted by molar-refractivity contribution is -0.181. The van der Waals surface area contributed by atoms with Crippen molar-refractivity contribution in [3.63, 3.8) is 0 Å². The fraction of sp³-hybridized carbons (Fsp3) is 0.105. The summed E-state index contributed by atoms with van der Waals surface area (Å²) >= 11 is 0. The standard InChI is InChI=1S/C19H16O3/c1-3-19(2)21-17(15-12-8-5-9-13-15)16(18(20)22-19)14-10-6-4-7-11-14/h3-13H,1H2,2H3/t19-/m1/s1. The lowest BCUT2D eigenvalue weighted by Gasteiger charge is -2.34. The van der Waals surface area contributed by atoms with E-state index in [-0.39, 0.29) is 0 Å². The van der Waals surface area contributed by atoms with Crippen molar-refractivity contribution in [3.05, 3.63) is 84.4 Å². The molecule has 0 N–H and O–H groups in total. The molecule has 0 amide bonds. The molecule has 2 aromatic rings. The molecule has 0 aromatic heterocycles. The highest BCUT2D eigenvalue weighted by molar-refractivity contribution is 6.24. The first-order chi connectivity index (χ1) is 10.6. The second kappa shape index (κ2) is 5.53. The van der Waals surface area contributed by atoms with Crippen molar-refractivity contribution in [2.75, 3.05) is 0 Å². The van der Waals surface area contributed by atoms with Gasteiger partial charge in [0, 0.05) is 12.5 Å². The van der Waals surface area contributed by atoms with Crippen LogP contribution >= 0.6 is 0 Å². The van der Waals surface area contributed by atoms with E-state index in [9.17, 15) is 4.79 Å². The van der Waals surface area contributed by atoms with Crippen molar-refractivity contribution in [2.24, 2.45) is 0 Å². The van der Waals surface area contributed by atoms with E-state index in [1.165, 1.54) is 6.08 Å². The van der Waals surface area contributed by atoms with Gasteiger partial charge in [-0.05, 0) is 11.6 Å². The maximum absolute atomic E-state index is 12.5. The predicted molar refractivity (Wildman–Crippen MR) is 85.5 cm³/mol. The van der Waals surface area contributed by atoms with Crippen molar-refractivity contribution in [3.8, 4) is 0 Å². The molecule has 1 aliphatic rings. The molecule has 110 valence electrons. The molecule has 2 aromatic carbocycles. The van der Waals surface area contributed by atoms with Crippen molar-refractivity contribution in [1.29, 1.82) is 0 Å². The largest absolute Gasteiger partial charge is 0.447 e. The van der Waals surface area contributed by atoms with Gasteiger partial charge >= 0.3 is 5.97 Å². The van der Waals surface area contributed by atoms with Crippen LogP contribution in [0.25, 0.3) is 11.3 Å². The highest BCUT2D eigenvalue weighted by atomic mass is 16.7. The van der Waals surface area contributed by atoms with E-state index in [1.807, 2.05) is 60.7 Å². The first-order valence-electron chi connectivity index (χ1n) is 7.04. The van der Waals surface area contributed by atoms with Crippen LogP contribution in [0.15, 0.2) is 73.3 Å². The maximum atomic E-state index is 12.5. The number of rotatable bonds is 3. The van der Waals surface area contributed by atoms with Gasteiger partial charge in [-0.1, -0.05) is 67.2 Å². The minimum Gasteiger partial charge on any atom is -0.447 e. The third-order valence-electron chi connectivity index (χ3n) is 3.50. The van der Waals surface area contributed by atoms with Gasteiger partial charge in [-0.3, -0.25) is 0 Å². The van der Waals surface area contributed by atoms with E-state index >= 15 is 0 Å². The second-order valence-electron chi connectivity index (χ2n) is 5.15. The molecule has 22 heavy (non-hydrogen) atoms. The zero-order valence-electron chi connectivity index (χ0n) is 12.3. The highest BCUT2D eigenvalue weighted by Gasteiger charge is 2.38. The van der Waals surface area contributed by atoms with Gasteiger partial charge < -0.3 is 9.47 Å². The van der Waals surface area contributed by atoms with Gasteiger partial charge in [0.25, 0.3) is 5.79 Å². The predicted octanol–water partition coefficient (Wildman–Crippen LogP) is 4.03. The van der Waals surface area contributed by atoms with E-state index in [0.717, 1.165) is 11.1 Å². The molecule has 3 rings (SSSR count). The van der Waals surface area contributed by atoms with Crippen LogP contribution in [0.1, 0.15) is 18.1 Å². The van der Waals surface area contributed by atoms with Gasteiger partial charge in [-0.2, -0.15) is 0 Å². The Labute approximate surface area is 129 Å². The average Bonchev–Trinajstić information content (AvgIpc) is 2.56. The Kier molecular flexibility index (Phi) is 3.55. The Morgan fingerprint density at radius 2 is 1.45 bits per heavy atom. The number of carbonyl (C=O) groups excluding carboxylic acids is 1. The highest BCUT2D eigenvalue weighted by Crippen LogP contribution is 2.38. The Bertz CT molecular complexity index is 732. The van der Waals surface area contributed by atoms with Crippen molar-refractivity contribution in [2.45, 2.75) is 12.7 Å². The van der Waals surface area contributed by atoms with Crippen LogP contribution in [-0.2, 0) is 14.3 Å². The van der Waals surface area contributed by atoms with E-state index in [2.05, 4.69) is 6.58 Å². The number of esters is 1. The zero-order chi connectivity index (χ0) is 15.6. The molecule has 0 spiro atoms. The number of benzene rings is 2. The van der Waals surface area contributed by atoms with Crippen LogP contribution in [0.5, 0.6) is 0 Å². The zero-order valence-corrected chi connectivity index (χ0v) is 12.3. The van der Waals surface area contributed by atoms with Crippen LogP contribution in [0, 0.1) is 0 Å². The Hall–Kier alpha value is -2.81. The topological polar surface area (TPSA) is 35.5 Å². The van der Waals surface area contributed by atoms with Crippen LogP contribution in [-0.4, -0.2) is 11.8 Å². The van der Waals surface area contributed by atoms with E-state index < -0.39 is 11.8 Å². The number of hydrogen-bond donors (Lipinski definition) is 0. The summed E-state index contributed by atoms with van der Waals surface area (Å²) in [6, 6.07) is 18.9. The second-order valence-corrected chi connectivity index (χ2v) is 5.15. The van der Waals surface area contributed by atoms with Crippen molar-refractivity contribution < 1.29 is 14.3 Å². The molecule has 0 saturated carbocycles. The van der Waals surface area contributed by atoms with Gasteiger partial charge in [0.05, 0.1) is 0 Å². The molecule has 0 aliphatic carbocycles. The fourth-order valence-electron chi connectivity index (χ4n) is 2.33. The van der Waals surface area contributed by atoms with E-state index in [1.54, 1.807) is 6.92 Å². The molecular formula is C19H16O3. The minimum atomic E-state index is -1.17. The van der Waals surface area contributed by atoms with Crippen molar-refractivity contribution >= 4 is 17.3 Å². The number of ether oxygens (including phenoxy) is 2. The molecule has 0 fully saturated rings. The molecule has 3 heteroatoms. The van der Waals surface area contributed by atoms with Gasteiger partial charge in [-0.15, -0.1) is 0 Å². The molecule has 3 nitrogen and oxygen atoms in total. The molecule has 1 heterocycles. The van der Waals surface area contributed by atoms with E-state index in [4.69, 9.17) is 9.47 Å². The van der Waals surface area contributed by atoms with Crippen LogP contribution < -0.4 is 0 Å². The third kappa shape index (κ3) is 2.53. The molecule has 1 atom stereocenters. The Morgan fingerprint density at radius 1 is 0.909 bits per heavy atom. The molecule has 0 unspecified atom stereocenters. The van der Waals surface area contributed by atoms with Crippen LogP contribution in [0.2, 0.25) is 0 Å². The molecule has 0 bridgehead atoms. The molecule has 0 saturated heterocycles. The summed E-state index contributed by atoms with van der Waals surface area (Å²) in [5, 5.41) is 0. The maximum Gasteiger partial charge on any atom is 0.346 e. The first-order valence-corrected chi connectivity index (χ1v) is 7.04. The lowest BCUT2D eigenvalue weighted by Crippen LogP contribution is -2.37. The number of cyclic esters (lactones) is 1. The van der Waals surface area contributed by atoms with Crippen molar-refractivity contribution in [1.82, 2.24) is 0 Å². The van der Waals surface area contributed by atoms with E-state index in [0.29, 0.717) is 11.3 Å². The Balaban J connectivity index is 2.22. The summed E-state index contributed by atoms with van der Waals surface area (Å²) in [5.74, 6) is -1.08. The molecular weight excluding hydrogens is 276 g/mol. The van der Waals surface area contributed by atoms with Gasteiger partial charge in [0.15, 0.2) is 0 Å². The summed E-state index contributed by atoms with van der Waals surface area (Å²) in [6.07, 6.45) is 1.48. The van der Waals surface area contributed by atoms with Crippen LogP contribution in [0.4, 0.5) is 0 Å². The normalized spacial score (nSPS) is 21.0. The summed E-state index contributed by atoms with van der Waals surface area (Å²) < 4.78 is 11.4. The van der Waals surface area contributed by atoms with Gasteiger partial charge in [-0.25, -0.2) is 4.79 Å². The fourth-order valence-corrected chi connectivity index (χ4v) is 2.33. The lowest BCUT2D eigenvalue weighted by atomic mass is 9.99. The first kappa shape index (κ1) is 14.1. The van der Waals surface area contributed by atoms with Gasteiger partial charge in [0.2, 0.25) is 0 Å². The number of carbonyl (C=O) groups is 1. The summed E-state index contributed by atoms with van der Waals surface area (Å²) in [5.41, 5.74) is 2.01. The molecule has 1 aliphatic heterocycles.